The fraction of sp³-hybridized carbons (Fsp3) is 0.409. The van der Waals surface area contributed by atoms with Crippen LogP contribution in [-0.4, -0.2) is 33.2 Å². The SMILES string of the molecule is CC(=O)c1cccc(NC2=NC=C(c3cnn(C)c3)C(N)(C3CCC(N)CC3)N2)c1. The molecule has 1 aromatic heterocycles. The van der Waals surface area contributed by atoms with Gasteiger partial charge < -0.3 is 22.1 Å². The lowest BCUT2D eigenvalue weighted by Crippen LogP contribution is -2.64. The first-order chi connectivity index (χ1) is 14.3. The number of anilines is 1. The Morgan fingerprint density at radius 2 is 2.07 bits per heavy atom. The molecule has 1 saturated carbocycles. The highest BCUT2D eigenvalue weighted by molar-refractivity contribution is 6.00. The van der Waals surface area contributed by atoms with Gasteiger partial charge in [-0.1, -0.05) is 12.1 Å². The summed E-state index contributed by atoms with van der Waals surface area (Å²) in [6, 6.07) is 7.58. The number of benzene rings is 1. The van der Waals surface area contributed by atoms with Crippen molar-refractivity contribution >= 4 is 23.0 Å². The van der Waals surface area contributed by atoms with Crippen molar-refractivity contribution in [3.63, 3.8) is 0 Å². The van der Waals surface area contributed by atoms with Gasteiger partial charge in [-0.25, -0.2) is 4.99 Å². The van der Waals surface area contributed by atoms with Gasteiger partial charge in [-0.2, -0.15) is 5.10 Å². The number of aromatic nitrogens is 2. The first-order valence-corrected chi connectivity index (χ1v) is 10.3. The van der Waals surface area contributed by atoms with E-state index in [0.29, 0.717) is 11.5 Å². The van der Waals surface area contributed by atoms with Crippen LogP contribution in [0.2, 0.25) is 0 Å². The number of hydrogen-bond acceptors (Lipinski definition) is 7. The number of nitrogens with one attached hydrogen (secondary N) is 2. The highest BCUT2D eigenvalue weighted by atomic mass is 16.1. The molecule has 0 amide bonds. The van der Waals surface area contributed by atoms with Crippen LogP contribution < -0.4 is 22.1 Å². The Labute approximate surface area is 176 Å². The maximum Gasteiger partial charge on any atom is 0.202 e. The van der Waals surface area contributed by atoms with Crippen molar-refractivity contribution < 1.29 is 4.79 Å². The first kappa shape index (κ1) is 20.3. The highest BCUT2D eigenvalue weighted by Crippen LogP contribution is 2.39. The summed E-state index contributed by atoms with van der Waals surface area (Å²) in [6.07, 6.45) is 9.37. The van der Waals surface area contributed by atoms with E-state index in [4.69, 9.17) is 11.5 Å². The third kappa shape index (κ3) is 4.01. The molecular formula is C22H29N7O. The van der Waals surface area contributed by atoms with Crippen molar-refractivity contribution in [2.45, 2.75) is 44.3 Å². The van der Waals surface area contributed by atoms with Gasteiger partial charge in [-0.15, -0.1) is 0 Å². The minimum Gasteiger partial charge on any atom is -0.334 e. The molecule has 1 atom stereocenters. The van der Waals surface area contributed by atoms with E-state index in [1.807, 2.05) is 43.8 Å². The van der Waals surface area contributed by atoms with Gasteiger partial charge in [0.2, 0.25) is 5.96 Å². The molecule has 0 spiro atoms. The largest absolute Gasteiger partial charge is 0.334 e. The van der Waals surface area contributed by atoms with E-state index < -0.39 is 5.66 Å². The van der Waals surface area contributed by atoms with Crippen LogP contribution in [0.5, 0.6) is 0 Å². The molecule has 1 aromatic carbocycles. The molecule has 0 saturated heterocycles. The third-order valence-corrected chi connectivity index (χ3v) is 6.06. The summed E-state index contributed by atoms with van der Waals surface area (Å²) < 4.78 is 1.76. The van der Waals surface area contributed by atoms with E-state index in [-0.39, 0.29) is 17.7 Å². The van der Waals surface area contributed by atoms with E-state index in [0.717, 1.165) is 42.5 Å². The maximum atomic E-state index is 11.7. The van der Waals surface area contributed by atoms with Crippen molar-refractivity contribution in [1.82, 2.24) is 15.1 Å². The number of hydrogen-bond donors (Lipinski definition) is 4. The Hall–Kier alpha value is -2.97. The second-order valence-corrected chi connectivity index (χ2v) is 8.29. The smallest absolute Gasteiger partial charge is 0.202 e. The number of carbonyl (C=O) groups is 1. The van der Waals surface area contributed by atoms with E-state index >= 15 is 0 Å². The van der Waals surface area contributed by atoms with Gasteiger partial charge in [0, 0.05) is 47.9 Å². The lowest BCUT2D eigenvalue weighted by Gasteiger charge is -2.44. The molecule has 0 radical (unpaired) electrons. The molecule has 158 valence electrons. The monoisotopic (exact) mass is 407 g/mol. The van der Waals surface area contributed by atoms with Crippen LogP contribution in [0.4, 0.5) is 5.69 Å². The number of Topliss-reactive ketones (excluding diaryl/α,β-unsaturated/α-hetero) is 1. The van der Waals surface area contributed by atoms with Gasteiger partial charge in [0.05, 0.1) is 6.20 Å². The molecule has 1 aliphatic carbocycles. The fourth-order valence-electron chi connectivity index (χ4n) is 4.32. The standard InChI is InChI=1S/C22H29N7O/c1-14(30)15-4-3-5-19(10-15)27-21-25-12-20(16-11-26-29(2)13-16)22(24,28-21)17-6-8-18(23)9-7-17/h3-5,10-13,17-18H,6-9,23-24H2,1-2H3,(H2,25,27,28). The lowest BCUT2D eigenvalue weighted by molar-refractivity contribution is 0.101. The number of guanidine groups is 1. The molecule has 1 aliphatic heterocycles. The van der Waals surface area contributed by atoms with Gasteiger partial charge in [-0.3, -0.25) is 9.48 Å². The molecule has 4 rings (SSSR count). The Morgan fingerprint density at radius 3 is 2.73 bits per heavy atom. The number of nitrogens with two attached hydrogens (primary N) is 2. The zero-order valence-electron chi connectivity index (χ0n) is 17.4. The van der Waals surface area contributed by atoms with Gasteiger partial charge >= 0.3 is 0 Å². The number of nitrogens with zero attached hydrogens (tertiary/aromatic N) is 3. The topological polar surface area (TPSA) is 123 Å². The van der Waals surface area contributed by atoms with Crippen LogP contribution in [-0.2, 0) is 7.05 Å². The summed E-state index contributed by atoms with van der Waals surface area (Å²) in [4.78, 5) is 16.3. The molecular weight excluding hydrogens is 378 g/mol. The summed E-state index contributed by atoms with van der Waals surface area (Å²) >= 11 is 0. The summed E-state index contributed by atoms with van der Waals surface area (Å²) in [5.74, 6) is 0.781. The molecule has 2 aromatic rings. The molecule has 8 nitrogen and oxygen atoms in total. The molecule has 6 N–H and O–H groups in total. The summed E-state index contributed by atoms with van der Waals surface area (Å²) in [5, 5.41) is 11.0. The number of aryl methyl sites for hydroxylation is 1. The van der Waals surface area contributed by atoms with Crippen LogP contribution >= 0.6 is 0 Å². The highest BCUT2D eigenvalue weighted by Gasteiger charge is 2.43. The fourth-order valence-corrected chi connectivity index (χ4v) is 4.32. The normalized spacial score (nSPS) is 26.4. The van der Waals surface area contributed by atoms with Crippen molar-refractivity contribution in [1.29, 1.82) is 0 Å². The number of aliphatic imine (C=N–C) groups is 1. The molecule has 0 bridgehead atoms. The second kappa shape index (κ2) is 8.04. The van der Waals surface area contributed by atoms with Crippen LogP contribution in [0, 0.1) is 5.92 Å². The molecule has 2 heterocycles. The van der Waals surface area contributed by atoms with Gasteiger partial charge in [0.25, 0.3) is 0 Å². The predicted octanol–water partition coefficient (Wildman–Crippen LogP) is 2.21. The quantitative estimate of drug-likeness (QED) is 0.576. The second-order valence-electron chi connectivity index (χ2n) is 8.29. The molecule has 1 fully saturated rings. The average molecular weight is 408 g/mol. The zero-order chi connectivity index (χ0) is 21.3. The third-order valence-electron chi connectivity index (χ3n) is 6.06. The van der Waals surface area contributed by atoms with E-state index in [9.17, 15) is 4.79 Å². The van der Waals surface area contributed by atoms with Crippen molar-refractivity contribution in [3.05, 3.63) is 54.0 Å². The minimum atomic E-state index is -0.800. The first-order valence-electron chi connectivity index (χ1n) is 10.3. The van der Waals surface area contributed by atoms with Crippen molar-refractivity contribution in [3.8, 4) is 0 Å². The molecule has 2 aliphatic rings. The van der Waals surface area contributed by atoms with Crippen molar-refractivity contribution in [2.75, 3.05) is 5.32 Å². The lowest BCUT2D eigenvalue weighted by atomic mass is 9.74. The molecule has 1 unspecified atom stereocenters. The number of carbonyl (C=O) groups excluding carboxylic acids is 1. The Morgan fingerprint density at radius 1 is 1.30 bits per heavy atom. The minimum absolute atomic E-state index is 0.0164. The Bertz CT molecular complexity index is 1000. The number of rotatable bonds is 4. The average Bonchev–Trinajstić information content (AvgIpc) is 3.14. The van der Waals surface area contributed by atoms with Gasteiger partial charge in [0.1, 0.15) is 5.66 Å². The Balaban J connectivity index is 1.65. The van der Waals surface area contributed by atoms with E-state index in [2.05, 4.69) is 20.7 Å². The summed E-state index contributed by atoms with van der Waals surface area (Å²) in [7, 11) is 1.89. The Kier molecular flexibility index (Phi) is 5.44. The van der Waals surface area contributed by atoms with Crippen LogP contribution in [0.15, 0.2) is 47.9 Å². The van der Waals surface area contributed by atoms with E-state index in [1.54, 1.807) is 17.7 Å². The predicted molar refractivity (Wildman–Crippen MR) is 119 cm³/mol. The maximum absolute atomic E-state index is 11.7. The van der Waals surface area contributed by atoms with Crippen LogP contribution in [0.25, 0.3) is 5.57 Å². The van der Waals surface area contributed by atoms with Crippen LogP contribution in [0.1, 0.15) is 48.5 Å². The van der Waals surface area contributed by atoms with E-state index in [1.165, 1.54) is 0 Å². The van der Waals surface area contributed by atoms with Gasteiger partial charge in [-0.05, 0) is 50.7 Å². The molecule has 8 heteroatoms. The van der Waals surface area contributed by atoms with Crippen LogP contribution in [0.3, 0.4) is 0 Å². The summed E-state index contributed by atoms with van der Waals surface area (Å²) in [5.41, 5.74) is 15.7. The number of ketones is 1. The van der Waals surface area contributed by atoms with Gasteiger partial charge in [0.15, 0.2) is 5.78 Å². The molecule has 30 heavy (non-hydrogen) atoms. The van der Waals surface area contributed by atoms with Crippen molar-refractivity contribution in [2.24, 2.45) is 29.4 Å². The summed E-state index contributed by atoms with van der Waals surface area (Å²) in [6.45, 7) is 1.55. The zero-order valence-corrected chi connectivity index (χ0v) is 17.4.